The molecule has 0 bridgehead atoms. The van der Waals surface area contributed by atoms with E-state index in [1.54, 1.807) is 0 Å². The number of amides is 2. The van der Waals surface area contributed by atoms with Crippen LogP contribution in [0.5, 0.6) is 0 Å². The second-order valence-corrected chi connectivity index (χ2v) is 8.84. The molecule has 2 aromatic carbocycles. The van der Waals surface area contributed by atoms with Crippen LogP contribution in [0.4, 0.5) is 13.6 Å². The van der Waals surface area contributed by atoms with Crippen molar-refractivity contribution in [1.29, 1.82) is 0 Å². The summed E-state index contributed by atoms with van der Waals surface area (Å²) in [5.41, 5.74) is 4.53. The fourth-order valence-electron chi connectivity index (χ4n) is 4.82. The Bertz CT molecular complexity index is 1040. The number of rotatable bonds is 8. The fourth-order valence-corrected chi connectivity index (χ4v) is 4.82. The molecule has 2 aliphatic carbocycles. The van der Waals surface area contributed by atoms with Crippen LogP contribution in [0.3, 0.4) is 0 Å². The van der Waals surface area contributed by atoms with Gasteiger partial charge in [0.05, 0.1) is 6.54 Å². The molecule has 4 rings (SSSR count). The third kappa shape index (κ3) is 5.18. The molecular weight excluding hydrogens is 446 g/mol. The van der Waals surface area contributed by atoms with Crippen LogP contribution in [0, 0.1) is 5.92 Å². The van der Waals surface area contributed by atoms with Gasteiger partial charge in [0, 0.05) is 18.4 Å². The Hall–Kier alpha value is -3.49. The summed E-state index contributed by atoms with van der Waals surface area (Å²) in [7, 11) is 0. The third-order valence-electron chi connectivity index (χ3n) is 6.50. The number of aliphatic carboxylic acids is 1. The molecule has 1 saturated carbocycles. The molecule has 2 aromatic rings. The van der Waals surface area contributed by atoms with Gasteiger partial charge in [-0.2, -0.15) is 8.78 Å². The lowest BCUT2D eigenvalue weighted by atomic mass is 9.98. The summed E-state index contributed by atoms with van der Waals surface area (Å²) in [5.74, 6) is -7.03. The first-order chi connectivity index (χ1) is 16.2. The van der Waals surface area contributed by atoms with Crippen LogP contribution in [-0.4, -0.2) is 48.2 Å². The van der Waals surface area contributed by atoms with Crippen LogP contribution in [0.25, 0.3) is 11.1 Å². The molecule has 0 radical (unpaired) electrons. The first-order valence-corrected chi connectivity index (χ1v) is 11.2. The lowest BCUT2D eigenvalue weighted by molar-refractivity contribution is -0.164. The van der Waals surface area contributed by atoms with E-state index in [1.165, 1.54) is 0 Å². The number of benzene rings is 2. The van der Waals surface area contributed by atoms with E-state index in [1.807, 2.05) is 41.7 Å². The number of carbonyl (C=O) groups excluding carboxylic acids is 2. The van der Waals surface area contributed by atoms with Crippen molar-refractivity contribution < 1.29 is 33.0 Å². The number of carboxylic acid groups (broad SMARTS) is 1. The summed E-state index contributed by atoms with van der Waals surface area (Å²) < 4.78 is 31.7. The summed E-state index contributed by atoms with van der Waals surface area (Å²) >= 11 is 0. The molecule has 34 heavy (non-hydrogen) atoms. The number of hydrogen-bond acceptors (Lipinski definition) is 4. The SMILES string of the molecule is O=C(C[C@@H]1CC[C@H](NC(=O)OCC2c3ccccc3-c3ccccc32)C1)NCC(F)(F)C(=O)O. The van der Waals surface area contributed by atoms with Gasteiger partial charge in [0.25, 0.3) is 0 Å². The first-order valence-electron chi connectivity index (χ1n) is 11.2. The molecule has 0 unspecified atom stereocenters. The van der Waals surface area contributed by atoms with Gasteiger partial charge in [0.2, 0.25) is 5.91 Å². The monoisotopic (exact) mass is 472 g/mol. The second kappa shape index (κ2) is 9.79. The Labute approximate surface area is 195 Å². The van der Waals surface area contributed by atoms with Crippen molar-refractivity contribution in [3.05, 3.63) is 59.7 Å². The number of nitrogens with one attached hydrogen (secondary N) is 2. The van der Waals surface area contributed by atoms with Crippen LogP contribution >= 0.6 is 0 Å². The molecule has 0 saturated heterocycles. The van der Waals surface area contributed by atoms with Crippen molar-refractivity contribution in [2.75, 3.05) is 13.2 Å². The number of alkyl carbamates (subject to hydrolysis) is 1. The van der Waals surface area contributed by atoms with E-state index < -0.39 is 30.4 Å². The van der Waals surface area contributed by atoms with E-state index in [0.717, 1.165) is 22.3 Å². The van der Waals surface area contributed by atoms with Crippen LogP contribution in [0.2, 0.25) is 0 Å². The van der Waals surface area contributed by atoms with Gasteiger partial charge in [-0.05, 0) is 47.4 Å². The van der Waals surface area contributed by atoms with Gasteiger partial charge in [-0.1, -0.05) is 48.5 Å². The fraction of sp³-hybridized carbons (Fsp3) is 0.400. The normalized spacial score (nSPS) is 19.2. The highest BCUT2D eigenvalue weighted by Crippen LogP contribution is 2.44. The maximum absolute atomic E-state index is 13.1. The highest BCUT2D eigenvalue weighted by atomic mass is 19.3. The Balaban J connectivity index is 1.24. The zero-order valence-electron chi connectivity index (χ0n) is 18.4. The zero-order chi connectivity index (χ0) is 24.3. The Morgan fingerprint density at radius 2 is 1.62 bits per heavy atom. The van der Waals surface area contributed by atoms with Gasteiger partial charge in [-0.25, -0.2) is 9.59 Å². The molecule has 0 spiro atoms. The van der Waals surface area contributed by atoms with E-state index in [-0.39, 0.29) is 30.9 Å². The maximum Gasteiger partial charge on any atom is 0.407 e. The molecule has 3 N–H and O–H groups in total. The highest BCUT2D eigenvalue weighted by molar-refractivity contribution is 5.80. The topological polar surface area (TPSA) is 105 Å². The predicted octanol–water partition coefficient (Wildman–Crippen LogP) is 3.92. The number of carbonyl (C=O) groups is 3. The Morgan fingerprint density at radius 1 is 1.00 bits per heavy atom. The van der Waals surface area contributed by atoms with Gasteiger partial charge >= 0.3 is 18.0 Å². The first kappa shape index (κ1) is 23.7. The zero-order valence-corrected chi connectivity index (χ0v) is 18.4. The molecule has 9 heteroatoms. The van der Waals surface area contributed by atoms with Crippen molar-refractivity contribution in [2.45, 2.75) is 43.6 Å². The Morgan fingerprint density at radius 3 is 2.24 bits per heavy atom. The summed E-state index contributed by atoms with van der Waals surface area (Å²) in [6.07, 6.45) is 1.29. The number of hydrogen-bond donors (Lipinski definition) is 3. The van der Waals surface area contributed by atoms with Crippen molar-refractivity contribution in [1.82, 2.24) is 10.6 Å². The van der Waals surface area contributed by atoms with E-state index in [9.17, 15) is 23.2 Å². The average molecular weight is 472 g/mol. The molecule has 2 aliphatic rings. The number of ether oxygens (including phenoxy) is 1. The summed E-state index contributed by atoms with van der Waals surface area (Å²) in [4.78, 5) is 34.8. The smallest absolute Gasteiger partial charge is 0.407 e. The van der Waals surface area contributed by atoms with Crippen molar-refractivity contribution >= 4 is 18.0 Å². The number of carboxylic acids is 1. The third-order valence-corrected chi connectivity index (χ3v) is 6.50. The Kier molecular flexibility index (Phi) is 6.81. The number of fused-ring (bicyclic) bond motifs is 3. The largest absolute Gasteiger partial charge is 0.477 e. The molecule has 0 heterocycles. The van der Waals surface area contributed by atoms with Gasteiger partial charge in [-0.15, -0.1) is 0 Å². The van der Waals surface area contributed by atoms with E-state index >= 15 is 0 Å². The van der Waals surface area contributed by atoms with E-state index in [0.29, 0.717) is 19.3 Å². The minimum absolute atomic E-state index is 0.00142. The lowest BCUT2D eigenvalue weighted by Crippen LogP contribution is -2.42. The molecular formula is C25H26F2N2O5. The second-order valence-electron chi connectivity index (χ2n) is 8.84. The summed E-state index contributed by atoms with van der Waals surface area (Å²) in [5, 5.41) is 13.2. The minimum Gasteiger partial charge on any atom is -0.477 e. The lowest BCUT2D eigenvalue weighted by Gasteiger charge is -2.17. The minimum atomic E-state index is -4.00. The van der Waals surface area contributed by atoms with Crippen molar-refractivity contribution in [3.63, 3.8) is 0 Å². The standard InChI is InChI=1S/C25H26F2N2O5/c26-25(27,23(31)32)14-28-22(30)12-15-9-10-16(11-15)29-24(33)34-13-21-19-7-3-1-5-17(19)18-6-2-4-8-20(18)21/h1-8,15-16,21H,9-14H2,(H,28,30)(H,29,33)(H,31,32)/t15-,16+/m1/s1. The molecule has 7 nitrogen and oxygen atoms in total. The predicted molar refractivity (Wildman–Crippen MR) is 120 cm³/mol. The highest BCUT2D eigenvalue weighted by Gasteiger charge is 2.39. The van der Waals surface area contributed by atoms with Crippen LogP contribution in [0.1, 0.15) is 42.7 Å². The van der Waals surface area contributed by atoms with Gasteiger partial charge in [-0.3, -0.25) is 4.79 Å². The quantitative estimate of drug-likeness (QED) is 0.540. The summed E-state index contributed by atoms with van der Waals surface area (Å²) in [6, 6.07) is 15.9. The summed E-state index contributed by atoms with van der Waals surface area (Å²) in [6.45, 7) is -1.04. The van der Waals surface area contributed by atoms with Gasteiger partial charge < -0.3 is 20.5 Å². The van der Waals surface area contributed by atoms with Crippen molar-refractivity contribution in [3.8, 4) is 11.1 Å². The average Bonchev–Trinajstić information content (AvgIpc) is 3.38. The molecule has 0 aromatic heterocycles. The van der Waals surface area contributed by atoms with Crippen LogP contribution < -0.4 is 10.6 Å². The molecule has 0 aliphatic heterocycles. The molecule has 2 amide bonds. The van der Waals surface area contributed by atoms with Crippen molar-refractivity contribution in [2.24, 2.45) is 5.92 Å². The molecule has 1 fully saturated rings. The van der Waals surface area contributed by atoms with E-state index in [2.05, 4.69) is 17.4 Å². The number of alkyl halides is 2. The van der Waals surface area contributed by atoms with Crippen LogP contribution in [-0.2, 0) is 14.3 Å². The van der Waals surface area contributed by atoms with E-state index in [4.69, 9.17) is 9.84 Å². The number of halogens is 2. The van der Waals surface area contributed by atoms with Gasteiger partial charge in [0.15, 0.2) is 0 Å². The maximum atomic E-state index is 13.1. The molecule has 2 atom stereocenters. The van der Waals surface area contributed by atoms with Crippen LogP contribution in [0.15, 0.2) is 48.5 Å². The van der Waals surface area contributed by atoms with Gasteiger partial charge in [0.1, 0.15) is 6.61 Å². The molecule has 180 valence electrons.